The zero-order chi connectivity index (χ0) is 13.0. The lowest BCUT2D eigenvalue weighted by Gasteiger charge is -2.36. The minimum absolute atomic E-state index is 0.291. The quantitative estimate of drug-likeness (QED) is 0.802. The first-order chi connectivity index (χ1) is 8.59. The van der Waals surface area contributed by atoms with Gasteiger partial charge in [-0.2, -0.15) is 0 Å². The Balaban J connectivity index is 1.71. The Labute approximate surface area is 110 Å². The van der Waals surface area contributed by atoms with Crippen LogP contribution in [0.15, 0.2) is 0 Å². The first kappa shape index (κ1) is 13.8. The van der Waals surface area contributed by atoms with Crippen LogP contribution in [0, 0.1) is 0 Å². The van der Waals surface area contributed by atoms with Crippen LogP contribution in [0.3, 0.4) is 0 Å². The van der Waals surface area contributed by atoms with Crippen LogP contribution in [-0.4, -0.2) is 59.6 Å². The van der Waals surface area contributed by atoms with Gasteiger partial charge < -0.3 is 14.9 Å². The summed E-state index contributed by atoms with van der Waals surface area (Å²) in [7, 11) is 2.05. The SMILES string of the molecule is CN(CCN1CCCC1=O)CC1(O)CCCCC1. The highest BCUT2D eigenvalue weighted by Gasteiger charge is 2.30. The molecule has 0 bridgehead atoms. The van der Waals surface area contributed by atoms with Crippen molar-refractivity contribution in [3.8, 4) is 0 Å². The molecule has 1 N–H and O–H groups in total. The largest absolute Gasteiger partial charge is 0.389 e. The Morgan fingerprint density at radius 1 is 1.28 bits per heavy atom. The summed E-state index contributed by atoms with van der Waals surface area (Å²) in [5.74, 6) is 0.291. The van der Waals surface area contributed by atoms with E-state index in [1.54, 1.807) is 0 Å². The Hall–Kier alpha value is -0.610. The lowest BCUT2D eigenvalue weighted by molar-refractivity contribution is -0.127. The number of carbonyl (C=O) groups excluding carboxylic acids is 1. The maximum atomic E-state index is 11.5. The molecule has 18 heavy (non-hydrogen) atoms. The number of hydrogen-bond acceptors (Lipinski definition) is 3. The third-order valence-corrected chi connectivity index (χ3v) is 4.27. The second kappa shape index (κ2) is 6.02. The first-order valence-corrected chi connectivity index (χ1v) is 7.28. The third-order valence-electron chi connectivity index (χ3n) is 4.27. The van der Waals surface area contributed by atoms with Gasteiger partial charge >= 0.3 is 0 Å². The molecule has 2 aliphatic rings. The second-order valence-corrected chi connectivity index (χ2v) is 6.01. The van der Waals surface area contributed by atoms with Crippen molar-refractivity contribution >= 4 is 5.91 Å². The fraction of sp³-hybridized carbons (Fsp3) is 0.929. The molecule has 4 heteroatoms. The molecule has 104 valence electrons. The van der Waals surface area contributed by atoms with Crippen LogP contribution < -0.4 is 0 Å². The molecule has 0 radical (unpaired) electrons. The average Bonchev–Trinajstić information content (AvgIpc) is 2.72. The predicted octanol–water partition coefficient (Wildman–Crippen LogP) is 1.24. The van der Waals surface area contributed by atoms with Gasteiger partial charge in [-0.15, -0.1) is 0 Å². The molecule has 1 heterocycles. The zero-order valence-electron chi connectivity index (χ0n) is 11.5. The van der Waals surface area contributed by atoms with Crippen molar-refractivity contribution in [3.05, 3.63) is 0 Å². The molecule has 1 aliphatic heterocycles. The van der Waals surface area contributed by atoms with Crippen molar-refractivity contribution in [1.82, 2.24) is 9.80 Å². The Kier molecular flexibility index (Phi) is 4.62. The topological polar surface area (TPSA) is 43.8 Å². The molecule has 1 amide bonds. The molecule has 0 aromatic rings. The van der Waals surface area contributed by atoms with E-state index in [0.717, 1.165) is 58.3 Å². The summed E-state index contributed by atoms with van der Waals surface area (Å²) in [5, 5.41) is 10.5. The average molecular weight is 254 g/mol. The van der Waals surface area contributed by atoms with Gasteiger partial charge in [0.05, 0.1) is 5.60 Å². The number of nitrogens with zero attached hydrogens (tertiary/aromatic N) is 2. The molecule has 4 nitrogen and oxygen atoms in total. The van der Waals surface area contributed by atoms with Gasteiger partial charge in [0.1, 0.15) is 0 Å². The molecule has 0 spiro atoms. The minimum Gasteiger partial charge on any atom is -0.389 e. The maximum Gasteiger partial charge on any atom is 0.222 e. The number of rotatable bonds is 5. The van der Waals surface area contributed by atoms with Crippen LogP contribution in [0.1, 0.15) is 44.9 Å². The molecule has 1 aliphatic carbocycles. The van der Waals surface area contributed by atoms with Crippen molar-refractivity contribution in [1.29, 1.82) is 0 Å². The number of hydrogen-bond donors (Lipinski definition) is 1. The van der Waals surface area contributed by atoms with Gasteiger partial charge in [-0.1, -0.05) is 19.3 Å². The molecule has 2 fully saturated rings. The van der Waals surface area contributed by atoms with Crippen LogP contribution in [0.5, 0.6) is 0 Å². The van der Waals surface area contributed by atoms with E-state index in [0.29, 0.717) is 12.3 Å². The maximum absolute atomic E-state index is 11.5. The van der Waals surface area contributed by atoms with Gasteiger partial charge in [-0.05, 0) is 26.3 Å². The van der Waals surface area contributed by atoms with Gasteiger partial charge in [-0.3, -0.25) is 4.79 Å². The summed E-state index contributed by atoms with van der Waals surface area (Å²) in [6.07, 6.45) is 7.14. The monoisotopic (exact) mass is 254 g/mol. The van der Waals surface area contributed by atoms with Crippen molar-refractivity contribution in [2.24, 2.45) is 0 Å². The van der Waals surface area contributed by atoms with Crippen LogP contribution in [0.4, 0.5) is 0 Å². The number of likely N-dealkylation sites (N-methyl/N-ethyl adjacent to an activating group) is 1. The lowest BCUT2D eigenvalue weighted by Crippen LogP contribution is -2.45. The summed E-state index contributed by atoms with van der Waals surface area (Å²) in [5.41, 5.74) is -0.484. The van der Waals surface area contributed by atoms with E-state index in [1.807, 2.05) is 11.9 Å². The highest BCUT2D eigenvalue weighted by molar-refractivity contribution is 5.78. The molecule has 1 saturated carbocycles. The van der Waals surface area contributed by atoms with Gasteiger partial charge in [0, 0.05) is 32.6 Å². The summed E-state index contributed by atoms with van der Waals surface area (Å²) >= 11 is 0. The van der Waals surface area contributed by atoms with E-state index in [1.165, 1.54) is 6.42 Å². The summed E-state index contributed by atoms with van der Waals surface area (Å²) in [4.78, 5) is 15.6. The number of amides is 1. The second-order valence-electron chi connectivity index (χ2n) is 6.01. The third kappa shape index (κ3) is 3.69. The van der Waals surface area contributed by atoms with Gasteiger partial charge in [0.15, 0.2) is 0 Å². The molecule has 0 atom stereocenters. The zero-order valence-corrected chi connectivity index (χ0v) is 11.5. The number of aliphatic hydroxyl groups is 1. The highest BCUT2D eigenvalue weighted by Crippen LogP contribution is 2.28. The van der Waals surface area contributed by atoms with Gasteiger partial charge in [-0.25, -0.2) is 0 Å². The normalized spacial score (nSPS) is 23.9. The highest BCUT2D eigenvalue weighted by atomic mass is 16.3. The van der Waals surface area contributed by atoms with Crippen LogP contribution in [0.2, 0.25) is 0 Å². The molecule has 0 unspecified atom stereocenters. The summed E-state index contributed by atoms with van der Waals surface area (Å²) in [6.45, 7) is 3.34. The summed E-state index contributed by atoms with van der Waals surface area (Å²) in [6, 6.07) is 0. The van der Waals surface area contributed by atoms with Gasteiger partial charge in [0.2, 0.25) is 5.91 Å². The lowest BCUT2D eigenvalue weighted by atomic mass is 9.84. The number of carbonyl (C=O) groups is 1. The van der Waals surface area contributed by atoms with Crippen molar-refractivity contribution in [3.63, 3.8) is 0 Å². The molecular formula is C14H26N2O2. The smallest absolute Gasteiger partial charge is 0.222 e. The van der Waals surface area contributed by atoms with Gasteiger partial charge in [0.25, 0.3) is 0 Å². The molecule has 1 saturated heterocycles. The van der Waals surface area contributed by atoms with E-state index in [-0.39, 0.29) is 0 Å². The van der Waals surface area contributed by atoms with E-state index < -0.39 is 5.60 Å². The standard InChI is InChI=1S/C14H26N2O2/c1-15(10-11-16-9-5-6-13(16)17)12-14(18)7-3-2-4-8-14/h18H,2-12H2,1H3. The van der Waals surface area contributed by atoms with Crippen LogP contribution >= 0.6 is 0 Å². The Morgan fingerprint density at radius 3 is 2.61 bits per heavy atom. The Morgan fingerprint density at radius 2 is 2.00 bits per heavy atom. The minimum atomic E-state index is -0.484. The predicted molar refractivity (Wildman–Crippen MR) is 71.3 cm³/mol. The Bertz CT molecular complexity index is 288. The van der Waals surface area contributed by atoms with Crippen molar-refractivity contribution in [2.75, 3.05) is 33.2 Å². The van der Waals surface area contributed by atoms with Crippen LogP contribution in [-0.2, 0) is 4.79 Å². The van der Waals surface area contributed by atoms with E-state index in [9.17, 15) is 9.90 Å². The fourth-order valence-corrected chi connectivity index (χ4v) is 3.18. The molecular weight excluding hydrogens is 228 g/mol. The van der Waals surface area contributed by atoms with Crippen molar-refractivity contribution < 1.29 is 9.90 Å². The van der Waals surface area contributed by atoms with E-state index >= 15 is 0 Å². The fourth-order valence-electron chi connectivity index (χ4n) is 3.18. The first-order valence-electron chi connectivity index (χ1n) is 7.28. The molecule has 0 aromatic carbocycles. The number of likely N-dealkylation sites (tertiary alicyclic amines) is 1. The van der Waals surface area contributed by atoms with E-state index in [2.05, 4.69) is 4.90 Å². The van der Waals surface area contributed by atoms with Crippen LogP contribution in [0.25, 0.3) is 0 Å². The summed E-state index contributed by atoms with van der Waals surface area (Å²) < 4.78 is 0. The molecule has 0 aromatic heterocycles. The van der Waals surface area contributed by atoms with Crippen molar-refractivity contribution in [2.45, 2.75) is 50.5 Å². The molecule has 2 rings (SSSR count). The van der Waals surface area contributed by atoms with E-state index in [4.69, 9.17) is 0 Å².